The Kier molecular flexibility index (Phi) is 3.89. The molecule has 0 bridgehead atoms. The largest absolute Gasteiger partial charge is 0.351 e. The fourth-order valence-corrected chi connectivity index (χ4v) is 1.55. The molecule has 14 heavy (non-hydrogen) atoms. The highest BCUT2D eigenvalue weighted by molar-refractivity contribution is 5.77. The number of carbonyl (C=O) groups excluding carboxylic acids is 1. The first kappa shape index (κ1) is 11.5. The molecule has 1 atom stereocenters. The number of piperazine rings is 1. The van der Waals surface area contributed by atoms with Crippen molar-refractivity contribution in [3.05, 3.63) is 0 Å². The molecule has 1 amide bonds. The molecule has 4 nitrogen and oxygen atoms in total. The van der Waals surface area contributed by atoms with Gasteiger partial charge in [-0.25, -0.2) is 0 Å². The topological polar surface area (TPSA) is 53.2 Å². The molecule has 0 aliphatic carbocycles. The third-order valence-corrected chi connectivity index (χ3v) is 2.07. The minimum absolute atomic E-state index is 0.124. The molecule has 1 fully saturated rings. The minimum atomic E-state index is -0.126. The van der Waals surface area contributed by atoms with Gasteiger partial charge in [0.2, 0.25) is 5.91 Å². The first-order valence-corrected chi connectivity index (χ1v) is 5.22. The molecule has 3 N–H and O–H groups in total. The van der Waals surface area contributed by atoms with E-state index >= 15 is 0 Å². The predicted octanol–water partition coefficient (Wildman–Crippen LogP) is -0.147. The van der Waals surface area contributed by atoms with Gasteiger partial charge < -0.3 is 16.0 Å². The number of hydrogen-bond donors (Lipinski definition) is 3. The van der Waals surface area contributed by atoms with E-state index in [1.165, 1.54) is 0 Å². The highest BCUT2D eigenvalue weighted by atomic mass is 16.1. The molecular weight excluding hydrogens is 178 g/mol. The molecular formula is C10H21N3O. The molecule has 0 radical (unpaired) electrons. The highest BCUT2D eigenvalue weighted by Gasteiger charge is 2.19. The maximum Gasteiger partial charge on any atom is 0.222 e. The molecule has 1 heterocycles. The molecule has 1 aliphatic rings. The van der Waals surface area contributed by atoms with Crippen LogP contribution in [0.3, 0.4) is 0 Å². The average molecular weight is 199 g/mol. The second-order valence-corrected chi connectivity index (χ2v) is 4.86. The standard InChI is InChI=1S/C10H21N3O/c1-10(2,3)13-9(14)6-8-7-11-4-5-12-8/h8,11-12H,4-7H2,1-3H3,(H,13,14). The molecule has 82 valence electrons. The molecule has 0 aromatic carbocycles. The van der Waals surface area contributed by atoms with Crippen LogP contribution >= 0.6 is 0 Å². The summed E-state index contributed by atoms with van der Waals surface area (Å²) in [5.41, 5.74) is -0.126. The van der Waals surface area contributed by atoms with Crippen molar-refractivity contribution >= 4 is 5.91 Å². The van der Waals surface area contributed by atoms with Crippen LogP contribution in [-0.2, 0) is 4.79 Å². The van der Waals surface area contributed by atoms with Crippen molar-refractivity contribution in [1.82, 2.24) is 16.0 Å². The summed E-state index contributed by atoms with van der Waals surface area (Å²) in [6, 6.07) is 0.283. The molecule has 0 saturated carbocycles. The lowest BCUT2D eigenvalue weighted by Crippen LogP contribution is -2.51. The summed E-state index contributed by atoms with van der Waals surface area (Å²) in [5, 5.41) is 9.53. The van der Waals surface area contributed by atoms with Gasteiger partial charge in [0.15, 0.2) is 0 Å². The Balaban J connectivity index is 2.25. The van der Waals surface area contributed by atoms with Crippen LogP contribution in [0.5, 0.6) is 0 Å². The number of amides is 1. The maximum atomic E-state index is 11.5. The van der Waals surface area contributed by atoms with Crippen molar-refractivity contribution in [2.45, 2.75) is 38.8 Å². The van der Waals surface area contributed by atoms with E-state index < -0.39 is 0 Å². The molecule has 4 heteroatoms. The predicted molar refractivity (Wildman–Crippen MR) is 57.2 cm³/mol. The summed E-state index contributed by atoms with van der Waals surface area (Å²) in [6.07, 6.45) is 0.560. The molecule has 0 spiro atoms. The average Bonchev–Trinajstić information content (AvgIpc) is 2.02. The lowest BCUT2D eigenvalue weighted by atomic mass is 10.1. The number of nitrogens with one attached hydrogen (secondary N) is 3. The van der Waals surface area contributed by atoms with E-state index in [1.54, 1.807) is 0 Å². The van der Waals surface area contributed by atoms with Crippen LogP contribution in [0, 0.1) is 0 Å². The summed E-state index contributed by atoms with van der Waals surface area (Å²) in [7, 11) is 0. The first-order chi connectivity index (χ1) is 6.47. The fraction of sp³-hybridized carbons (Fsp3) is 0.900. The second-order valence-electron chi connectivity index (χ2n) is 4.86. The Morgan fingerprint density at radius 1 is 1.43 bits per heavy atom. The number of carbonyl (C=O) groups is 1. The summed E-state index contributed by atoms with van der Waals surface area (Å²) in [4.78, 5) is 11.5. The van der Waals surface area contributed by atoms with Crippen LogP contribution in [0.4, 0.5) is 0 Å². The van der Waals surface area contributed by atoms with Gasteiger partial charge in [-0.05, 0) is 20.8 Å². The third-order valence-electron chi connectivity index (χ3n) is 2.07. The summed E-state index contributed by atoms with van der Waals surface area (Å²) < 4.78 is 0. The van der Waals surface area contributed by atoms with Gasteiger partial charge in [-0.15, -0.1) is 0 Å². The maximum absolute atomic E-state index is 11.5. The molecule has 1 aliphatic heterocycles. The Labute approximate surface area is 85.8 Å². The van der Waals surface area contributed by atoms with Crippen LogP contribution < -0.4 is 16.0 Å². The van der Waals surface area contributed by atoms with Gasteiger partial charge in [-0.3, -0.25) is 4.79 Å². The van der Waals surface area contributed by atoms with Gasteiger partial charge in [-0.2, -0.15) is 0 Å². The van der Waals surface area contributed by atoms with E-state index in [4.69, 9.17) is 0 Å². The van der Waals surface area contributed by atoms with Gasteiger partial charge in [0.05, 0.1) is 0 Å². The van der Waals surface area contributed by atoms with E-state index in [-0.39, 0.29) is 17.5 Å². The Morgan fingerprint density at radius 2 is 2.14 bits per heavy atom. The van der Waals surface area contributed by atoms with E-state index in [1.807, 2.05) is 20.8 Å². The normalized spacial score (nSPS) is 23.2. The fourth-order valence-electron chi connectivity index (χ4n) is 1.55. The van der Waals surface area contributed by atoms with Crippen molar-refractivity contribution in [3.8, 4) is 0 Å². The quantitative estimate of drug-likeness (QED) is 0.580. The molecule has 0 aromatic rings. The van der Waals surface area contributed by atoms with Crippen molar-refractivity contribution in [1.29, 1.82) is 0 Å². The van der Waals surface area contributed by atoms with Crippen LogP contribution in [0.2, 0.25) is 0 Å². The second kappa shape index (κ2) is 4.75. The van der Waals surface area contributed by atoms with Crippen LogP contribution in [0.25, 0.3) is 0 Å². The Bertz CT molecular complexity index is 192. The molecule has 1 rings (SSSR count). The van der Waals surface area contributed by atoms with Gasteiger partial charge in [0.1, 0.15) is 0 Å². The highest BCUT2D eigenvalue weighted by Crippen LogP contribution is 2.01. The number of rotatable bonds is 2. The smallest absolute Gasteiger partial charge is 0.222 e. The Morgan fingerprint density at radius 3 is 2.64 bits per heavy atom. The summed E-state index contributed by atoms with van der Waals surface area (Å²) in [5.74, 6) is 0.124. The zero-order valence-electron chi connectivity index (χ0n) is 9.31. The molecule has 0 aromatic heterocycles. The van der Waals surface area contributed by atoms with Crippen molar-refractivity contribution < 1.29 is 4.79 Å². The zero-order valence-corrected chi connectivity index (χ0v) is 9.31. The minimum Gasteiger partial charge on any atom is -0.351 e. The van der Waals surface area contributed by atoms with E-state index in [0.717, 1.165) is 19.6 Å². The first-order valence-electron chi connectivity index (χ1n) is 5.22. The molecule has 1 unspecified atom stereocenters. The van der Waals surface area contributed by atoms with E-state index in [9.17, 15) is 4.79 Å². The lowest BCUT2D eigenvalue weighted by molar-refractivity contribution is -0.123. The molecule has 1 saturated heterocycles. The van der Waals surface area contributed by atoms with Crippen LogP contribution in [0.1, 0.15) is 27.2 Å². The van der Waals surface area contributed by atoms with E-state index in [2.05, 4.69) is 16.0 Å². The van der Waals surface area contributed by atoms with Crippen molar-refractivity contribution in [2.24, 2.45) is 0 Å². The monoisotopic (exact) mass is 199 g/mol. The summed E-state index contributed by atoms with van der Waals surface area (Å²) in [6.45, 7) is 8.83. The summed E-state index contributed by atoms with van der Waals surface area (Å²) >= 11 is 0. The zero-order chi connectivity index (χ0) is 10.6. The SMILES string of the molecule is CC(C)(C)NC(=O)CC1CNCCN1. The van der Waals surface area contributed by atoms with Crippen LogP contribution in [0.15, 0.2) is 0 Å². The van der Waals surface area contributed by atoms with Gasteiger partial charge in [0.25, 0.3) is 0 Å². The van der Waals surface area contributed by atoms with Gasteiger partial charge >= 0.3 is 0 Å². The van der Waals surface area contributed by atoms with Gasteiger partial charge in [0, 0.05) is 37.6 Å². The van der Waals surface area contributed by atoms with Crippen molar-refractivity contribution in [3.63, 3.8) is 0 Å². The Hall–Kier alpha value is -0.610. The van der Waals surface area contributed by atoms with E-state index in [0.29, 0.717) is 6.42 Å². The number of hydrogen-bond acceptors (Lipinski definition) is 3. The lowest BCUT2D eigenvalue weighted by Gasteiger charge is -2.26. The van der Waals surface area contributed by atoms with Crippen LogP contribution in [-0.4, -0.2) is 37.1 Å². The van der Waals surface area contributed by atoms with Gasteiger partial charge in [-0.1, -0.05) is 0 Å². The van der Waals surface area contributed by atoms with Crippen molar-refractivity contribution in [2.75, 3.05) is 19.6 Å². The third kappa shape index (κ3) is 4.58.